The van der Waals surface area contributed by atoms with E-state index in [0.29, 0.717) is 5.69 Å². The van der Waals surface area contributed by atoms with Crippen molar-refractivity contribution in [3.05, 3.63) is 40.3 Å². The highest BCUT2D eigenvalue weighted by atomic mass is 31.2. The summed E-state index contributed by atoms with van der Waals surface area (Å²) in [5, 5.41) is 8.33. The Labute approximate surface area is 218 Å². The van der Waals surface area contributed by atoms with E-state index < -0.39 is 32.3 Å². The molecule has 1 aromatic carbocycles. The lowest BCUT2D eigenvalue weighted by atomic mass is 10.0. The molecule has 4 N–H and O–H groups in total. The first kappa shape index (κ1) is 32.6. The van der Waals surface area contributed by atoms with Crippen molar-refractivity contribution in [3.8, 4) is 0 Å². The van der Waals surface area contributed by atoms with Gasteiger partial charge in [-0.2, -0.15) is 0 Å². The number of rotatable bonds is 21. The number of nitrogens with one attached hydrogen (secondary N) is 2. The summed E-state index contributed by atoms with van der Waals surface area (Å²) in [6.07, 6.45) is 10.8. The number of ether oxygens (including phenoxy) is 1. The van der Waals surface area contributed by atoms with Crippen LogP contribution in [0.25, 0.3) is 10.4 Å². The summed E-state index contributed by atoms with van der Waals surface area (Å²) in [6.45, 7) is 1.77. The highest BCUT2D eigenvalue weighted by Crippen LogP contribution is 2.35. The number of phosphoric acid groups is 1. The number of aryl methyl sites for hydroxylation is 1. The van der Waals surface area contributed by atoms with E-state index in [1.807, 2.05) is 12.1 Å². The maximum Gasteiger partial charge on any atom is 0.469 e. The Hall–Kier alpha value is -2.46. The number of carbonyl (C=O) groups excluding carboxylic acids is 2. The number of nitrogens with zero attached hydrogens (tertiary/aromatic N) is 3. The molecule has 0 aliphatic rings. The van der Waals surface area contributed by atoms with Gasteiger partial charge in [0.05, 0.1) is 19.8 Å². The van der Waals surface area contributed by atoms with Crippen LogP contribution in [0.1, 0.15) is 70.3 Å². The van der Waals surface area contributed by atoms with Crippen molar-refractivity contribution in [2.75, 3.05) is 31.7 Å². The van der Waals surface area contributed by atoms with Gasteiger partial charge in [0.1, 0.15) is 6.04 Å². The summed E-state index contributed by atoms with van der Waals surface area (Å²) in [6, 6.07) is 6.01. The molecular weight excluding hydrogens is 501 g/mol. The number of benzene rings is 1. The normalized spacial score (nSPS) is 12.0. The maximum atomic E-state index is 12.7. The second kappa shape index (κ2) is 19.6. The molecule has 12 nitrogen and oxygen atoms in total. The predicted octanol–water partition coefficient (Wildman–Crippen LogP) is 4.62. The third-order valence-electron chi connectivity index (χ3n) is 5.47. The molecule has 0 spiro atoms. The largest absolute Gasteiger partial charge is 0.469 e. The van der Waals surface area contributed by atoms with E-state index in [2.05, 4.69) is 32.1 Å². The number of hydrogen-bond donors (Lipinski definition) is 4. The highest BCUT2D eigenvalue weighted by molar-refractivity contribution is 7.46. The van der Waals surface area contributed by atoms with Crippen LogP contribution < -0.4 is 10.6 Å². The van der Waals surface area contributed by atoms with E-state index >= 15 is 0 Å². The highest BCUT2D eigenvalue weighted by Gasteiger charge is 2.25. The van der Waals surface area contributed by atoms with Gasteiger partial charge in [0.25, 0.3) is 0 Å². The Balaban J connectivity index is 2.51. The van der Waals surface area contributed by atoms with Gasteiger partial charge >= 0.3 is 7.82 Å². The molecule has 0 unspecified atom stereocenters. The van der Waals surface area contributed by atoms with Crippen LogP contribution in [-0.4, -0.2) is 54.0 Å². The molecule has 0 saturated heterocycles. The van der Waals surface area contributed by atoms with Gasteiger partial charge in [-0.1, -0.05) is 69.1 Å². The van der Waals surface area contributed by atoms with Gasteiger partial charge in [0, 0.05) is 23.6 Å². The van der Waals surface area contributed by atoms with Crippen LogP contribution in [0.3, 0.4) is 0 Å². The topological polar surface area (TPSA) is 183 Å². The minimum Gasteiger partial charge on any atom is -0.381 e. The van der Waals surface area contributed by atoms with Crippen LogP contribution in [0, 0.1) is 0 Å². The summed E-state index contributed by atoms with van der Waals surface area (Å²) in [7, 11) is -4.85. The van der Waals surface area contributed by atoms with Gasteiger partial charge in [0.2, 0.25) is 11.8 Å². The molecule has 0 aliphatic heterocycles. The van der Waals surface area contributed by atoms with Crippen LogP contribution in [0.15, 0.2) is 29.4 Å². The average Bonchev–Trinajstić information content (AvgIpc) is 2.86. The third-order valence-corrected chi connectivity index (χ3v) is 5.96. The lowest BCUT2D eigenvalue weighted by Gasteiger charge is -2.19. The lowest BCUT2D eigenvalue weighted by molar-refractivity contribution is -0.128. The smallest absolute Gasteiger partial charge is 0.381 e. The van der Waals surface area contributed by atoms with Crippen LogP contribution in [0.2, 0.25) is 0 Å². The van der Waals surface area contributed by atoms with Gasteiger partial charge in [0.15, 0.2) is 0 Å². The quantitative estimate of drug-likeness (QED) is 0.0575. The molecule has 37 heavy (non-hydrogen) atoms. The number of azide groups is 1. The number of phosphoric ester groups is 1. The monoisotopic (exact) mass is 541 g/mol. The maximum absolute atomic E-state index is 12.7. The first-order valence-electron chi connectivity index (χ1n) is 12.7. The molecule has 1 atom stereocenters. The molecule has 1 rings (SSSR count). The van der Waals surface area contributed by atoms with Gasteiger partial charge < -0.3 is 25.2 Å². The van der Waals surface area contributed by atoms with Crippen LogP contribution in [-0.2, 0) is 29.8 Å². The summed E-state index contributed by atoms with van der Waals surface area (Å²) < 4.78 is 20.7. The Morgan fingerprint density at radius 1 is 1.05 bits per heavy atom. The van der Waals surface area contributed by atoms with Gasteiger partial charge in [-0.15, -0.1) is 0 Å². The fraction of sp³-hybridized carbons (Fsp3) is 0.667. The number of carbonyl (C=O) groups is 2. The number of anilines is 1. The Kier molecular flexibility index (Phi) is 17.3. The molecular formula is C24H40N5O7P. The van der Waals surface area contributed by atoms with E-state index in [0.717, 1.165) is 18.4 Å². The fourth-order valence-corrected chi connectivity index (χ4v) is 3.83. The number of unbranched alkanes of at least 4 members (excludes halogenated alkanes) is 7. The van der Waals surface area contributed by atoms with Crippen molar-refractivity contribution >= 4 is 25.3 Å². The standard InChI is InChI=1S/C24H40N5O7P/c1-2-3-4-5-6-7-8-9-10-20-11-13-21(14-12-20)27-24(31)22(19-36-37(32,33)34)28-23(30)15-17-35-18-16-26-29-25/h11-14,22H,2-10,15-19H2,1H3,(H,27,31)(H,28,30)(H2,32,33,34)/t22-/m1/s1. The minimum absolute atomic E-state index is 0.0147. The summed E-state index contributed by atoms with van der Waals surface area (Å²) in [4.78, 5) is 45.4. The molecule has 208 valence electrons. The summed E-state index contributed by atoms with van der Waals surface area (Å²) >= 11 is 0. The number of hydrogen-bond acceptors (Lipinski definition) is 6. The molecule has 0 heterocycles. The number of amides is 2. The van der Waals surface area contributed by atoms with Gasteiger partial charge in [-0.05, 0) is 36.1 Å². The van der Waals surface area contributed by atoms with Gasteiger partial charge in [-0.25, -0.2) is 4.57 Å². The first-order valence-corrected chi connectivity index (χ1v) is 14.3. The molecule has 1 aromatic rings. The Morgan fingerprint density at radius 2 is 1.70 bits per heavy atom. The van der Waals surface area contributed by atoms with Crippen molar-refractivity contribution in [1.82, 2.24) is 5.32 Å². The summed E-state index contributed by atoms with van der Waals surface area (Å²) in [5.74, 6) is -1.25. The predicted molar refractivity (Wildman–Crippen MR) is 141 cm³/mol. The molecule has 0 saturated carbocycles. The molecule has 0 aliphatic carbocycles. The zero-order valence-electron chi connectivity index (χ0n) is 21.5. The van der Waals surface area contributed by atoms with Crippen molar-refractivity contribution < 1.29 is 33.2 Å². The summed E-state index contributed by atoms with van der Waals surface area (Å²) in [5.41, 5.74) is 9.84. The molecule has 0 aromatic heterocycles. The SMILES string of the molecule is CCCCCCCCCCc1ccc(NC(=O)[C@@H](COP(=O)(O)O)NC(=O)CCOCCN=[N+]=[N-])cc1. The third kappa shape index (κ3) is 17.6. The van der Waals surface area contributed by atoms with E-state index in [1.165, 1.54) is 44.9 Å². The zero-order valence-corrected chi connectivity index (χ0v) is 22.4. The molecule has 0 radical (unpaired) electrons. The van der Waals surface area contributed by atoms with Crippen LogP contribution in [0.5, 0.6) is 0 Å². The molecule has 0 fully saturated rings. The fourth-order valence-electron chi connectivity index (χ4n) is 3.49. The van der Waals surface area contributed by atoms with E-state index in [1.54, 1.807) is 12.1 Å². The lowest BCUT2D eigenvalue weighted by Crippen LogP contribution is -2.46. The second-order valence-electron chi connectivity index (χ2n) is 8.63. The van der Waals surface area contributed by atoms with Crippen molar-refractivity contribution in [1.29, 1.82) is 0 Å². The van der Waals surface area contributed by atoms with Crippen molar-refractivity contribution in [3.63, 3.8) is 0 Å². The van der Waals surface area contributed by atoms with Crippen molar-refractivity contribution in [2.24, 2.45) is 5.11 Å². The van der Waals surface area contributed by atoms with Gasteiger partial charge in [-0.3, -0.25) is 14.1 Å². The molecule has 2 amide bonds. The van der Waals surface area contributed by atoms with E-state index in [9.17, 15) is 14.2 Å². The van der Waals surface area contributed by atoms with E-state index in [4.69, 9.17) is 20.1 Å². The Bertz CT molecular complexity index is 888. The Morgan fingerprint density at radius 3 is 2.32 bits per heavy atom. The van der Waals surface area contributed by atoms with Crippen LogP contribution in [0.4, 0.5) is 5.69 Å². The molecule has 13 heteroatoms. The first-order chi connectivity index (χ1) is 17.7. The minimum atomic E-state index is -4.85. The second-order valence-corrected chi connectivity index (χ2v) is 9.87. The molecule has 0 bridgehead atoms. The van der Waals surface area contributed by atoms with Crippen LogP contribution >= 0.6 is 7.82 Å². The average molecular weight is 542 g/mol. The van der Waals surface area contributed by atoms with Crippen molar-refractivity contribution in [2.45, 2.75) is 77.2 Å². The zero-order chi connectivity index (χ0) is 27.4. The van der Waals surface area contributed by atoms with E-state index in [-0.39, 0.29) is 26.2 Å².